The van der Waals surface area contributed by atoms with Gasteiger partial charge < -0.3 is 10.1 Å². The van der Waals surface area contributed by atoms with Gasteiger partial charge in [-0.2, -0.15) is 5.10 Å². The molecule has 0 unspecified atom stereocenters. The van der Waals surface area contributed by atoms with Gasteiger partial charge in [0.25, 0.3) is 0 Å². The summed E-state index contributed by atoms with van der Waals surface area (Å²) in [5.41, 5.74) is 2.91. The number of benzene rings is 2. The number of methoxy groups -OCH3 is 1. The number of rotatable bonds is 4. The predicted octanol–water partition coefficient (Wildman–Crippen LogP) is 3.09. The number of carbonyl (C=O) groups excluding carboxylic acids is 2. The van der Waals surface area contributed by atoms with E-state index >= 15 is 0 Å². The lowest BCUT2D eigenvalue weighted by Crippen LogP contribution is -2.32. The Morgan fingerprint density at radius 2 is 1.71 bits per heavy atom. The number of nitrogens with one attached hydrogen (secondary N) is 2. The van der Waals surface area contributed by atoms with Crippen LogP contribution in [0.1, 0.15) is 5.56 Å². The van der Waals surface area contributed by atoms with Gasteiger partial charge in [-0.1, -0.05) is 41.4 Å². The van der Waals surface area contributed by atoms with Gasteiger partial charge in [0.1, 0.15) is 5.75 Å². The van der Waals surface area contributed by atoms with Gasteiger partial charge in [-0.05, 0) is 24.3 Å². The van der Waals surface area contributed by atoms with E-state index < -0.39 is 11.8 Å². The quantitative estimate of drug-likeness (QED) is 0.496. The minimum absolute atomic E-state index is 0.373. The van der Waals surface area contributed by atoms with Crippen LogP contribution in [-0.4, -0.2) is 25.1 Å². The summed E-state index contributed by atoms with van der Waals surface area (Å²) >= 11 is 11.9. The third kappa shape index (κ3) is 4.47. The second-order valence-corrected chi connectivity index (χ2v) is 5.30. The molecule has 0 bridgehead atoms. The van der Waals surface area contributed by atoms with Crippen LogP contribution in [0.2, 0.25) is 10.0 Å². The zero-order valence-electron chi connectivity index (χ0n) is 12.5. The molecule has 0 aliphatic rings. The predicted molar refractivity (Wildman–Crippen MR) is 93.8 cm³/mol. The summed E-state index contributed by atoms with van der Waals surface area (Å²) in [7, 11) is 1.46. The SMILES string of the molecule is COc1ccccc1NC(=O)C(=O)N/N=C/c1c(Cl)cccc1Cl. The highest BCUT2D eigenvalue weighted by Gasteiger charge is 2.15. The van der Waals surface area contributed by atoms with Gasteiger partial charge in [0.2, 0.25) is 0 Å². The first-order chi connectivity index (χ1) is 11.5. The number of nitrogens with zero attached hydrogens (tertiary/aromatic N) is 1. The van der Waals surface area contributed by atoms with Crippen molar-refractivity contribution < 1.29 is 14.3 Å². The molecule has 8 heteroatoms. The van der Waals surface area contributed by atoms with Crippen molar-refractivity contribution in [1.82, 2.24) is 5.43 Å². The van der Waals surface area contributed by atoms with Crippen molar-refractivity contribution in [3.8, 4) is 5.75 Å². The van der Waals surface area contributed by atoms with E-state index in [4.69, 9.17) is 27.9 Å². The topological polar surface area (TPSA) is 79.8 Å². The first-order valence-corrected chi connectivity index (χ1v) is 7.50. The summed E-state index contributed by atoms with van der Waals surface area (Å²) in [6, 6.07) is 11.7. The summed E-state index contributed by atoms with van der Waals surface area (Å²) in [6.07, 6.45) is 1.26. The van der Waals surface area contributed by atoms with Gasteiger partial charge in [0, 0.05) is 5.56 Å². The monoisotopic (exact) mass is 365 g/mol. The Labute approximate surface area is 148 Å². The van der Waals surface area contributed by atoms with Crippen LogP contribution < -0.4 is 15.5 Å². The number of ether oxygens (including phenoxy) is 1. The summed E-state index contributed by atoms with van der Waals surface area (Å²) in [6.45, 7) is 0. The second-order valence-electron chi connectivity index (χ2n) is 4.49. The lowest BCUT2D eigenvalue weighted by Gasteiger charge is -2.08. The maximum Gasteiger partial charge on any atom is 0.329 e. The first-order valence-electron chi connectivity index (χ1n) is 6.74. The fourth-order valence-corrected chi connectivity index (χ4v) is 2.26. The molecule has 0 fully saturated rings. The minimum Gasteiger partial charge on any atom is -0.495 e. The maximum atomic E-state index is 11.9. The fraction of sp³-hybridized carbons (Fsp3) is 0.0625. The van der Waals surface area contributed by atoms with Gasteiger partial charge in [-0.3, -0.25) is 9.59 Å². The number of hydrazone groups is 1. The highest BCUT2D eigenvalue weighted by atomic mass is 35.5. The molecule has 0 atom stereocenters. The van der Waals surface area contributed by atoms with Gasteiger partial charge >= 0.3 is 11.8 Å². The highest BCUT2D eigenvalue weighted by molar-refractivity contribution is 6.40. The average Bonchev–Trinajstić information content (AvgIpc) is 2.57. The normalized spacial score (nSPS) is 10.5. The van der Waals surface area contributed by atoms with Gasteiger partial charge in [-0.15, -0.1) is 0 Å². The molecule has 0 aliphatic carbocycles. The number of anilines is 1. The summed E-state index contributed by atoms with van der Waals surface area (Å²) in [4.78, 5) is 23.6. The number of para-hydroxylation sites is 2. The number of amides is 2. The van der Waals surface area contributed by atoms with Crippen LogP contribution in [0.4, 0.5) is 5.69 Å². The third-order valence-corrected chi connectivity index (χ3v) is 3.58. The summed E-state index contributed by atoms with van der Waals surface area (Å²) in [5.74, 6) is -1.40. The van der Waals surface area contributed by atoms with Gasteiger partial charge in [-0.25, -0.2) is 5.43 Å². The van der Waals surface area contributed by atoms with Gasteiger partial charge in [0.05, 0.1) is 29.1 Å². The molecule has 2 rings (SSSR count). The molecule has 0 saturated carbocycles. The number of hydrogen-bond acceptors (Lipinski definition) is 4. The van der Waals surface area contributed by atoms with Crippen molar-refractivity contribution in [3.63, 3.8) is 0 Å². The van der Waals surface area contributed by atoms with E-state index in [1.807, 2.05) is 0 Å². The van der Waals surface area contributed by atoms with Crippen LogP contribution in [0.25, 0.3) is 0 Å². The lowest BCUT2D eigenvalue weighted by molar-refractivity contribution is -0.136. The molecule has 2 aromatic rings. The lowest BCUT2D eigenvalue weighted by atomic mass is 10.2. The minimum atomic E-state index is -0.944. The van der Waals surface area contributed by atoms with Crippen molar-refractivity contribution >= 4 is 46.9 Å². The van der Waals surface area contributed by atoms with E-state index in [2.05, 4.69) is 15.8 Å². The van der Waals surface area contributed by atoms with Crippen LogP contribution >= 0.6 is 23.2 Å². The third-order valence-electron chi connectivity index (χ3n) is 2.92. The van der Waals surface area contributed by atoms with E-state index in [1.165, 1.54) is 13.3 Å². The number of carbonyl (C=O) groups is 2. The van der Waals surface area contributed by atoms with Crippen molar-refractivity contribution in [2.45, 2.75) is 0 Å². The van der Waals surface area contributed by atoms with Crippen molar-refractivity contribution in [1.29, 1.82) is 0 Å². The molecule has 0 aromatic heterocycles. The number of halogens is 2. The van der Waals surface area contributed by atoms with Gasteiger partial charge in [0.15, 0.2) is 0 Å². The van der Waals surface area contributed by atoms with Crippen LogP contribution in [0, 0.1) is 0 Å². The van der Waals surface area contributed by atoms with E-state index in [9.17, 15) is 9.59 Å². The van der Waals surface area contributed by atoms with E-state index in [0.29, 0.717) is 27.0 Å². The van der Waals surface area contributed by atoms with Crippen molar-refractivity contribution in [3.05, 3.63) is 58.1 Å². The highest BCUT2D eigenvalue weighted by Crippen LogP contribution is 2.23. The zero-order chi connectivity index (χ0) is 17.5. The standard InChI is InChI=1S/C16H13Cl2N3O3/c1-24-14-8-3-2-7-13(14)20-15(22)16(23)21-19-9-10-11(17)5-4-6-12(10)18/h2-9H,1H3,(H,20,22)(H,21,23)/b19-9+. The van der Waals surface area contributed by atoms with E-state index in [-0.39, 0.29) is 0 Å². The van der Waals surface area contributed by atoms with Crippen LogP contribution in [-0.2, 0) is 9.59 Å². The fourth-order valence-electron chi connectivity index (χ4n) is 1.77. The Morgan fingerprint density at radius 1 is 1.04 bits per heavy atom. The zero-order valence-corrected chi connectivity index (χ0v) is 14.1. The molecule has 0 heterocycles. The summed E-state index contributed by atoms with van der Waals surface area (Å²) < 4.78 is 5.09. The molecule has 0 spiro atoms. The molecule has 2 amide bonds. The molecule has 0 saturated heterocycles. The van der Waals surface area contributed by atoms with E-state index in [1.54, 1.807) is 42.5 Å². The molecule has 24 heavy (non-hydrogen) atoms. The molecular weight excluding hydrogens is 353 g/mol. The molecule has 0 radical (unpaired) electrons. The molecule has 6 nitrogen and oxygen atoms in total. The summed E-state index contributed by atoms with van der Waals surface area (Å²) in [5, 5.41) is 6.86. The Morgan fingerprint density at radius 3 is 2.38 bits per heavy atom. The molecular formula is C16H13Cl2N3O3. The first kappa shape index (κ1) is 17.8. The largest absolute Gasteiger partial charge is 0.495 e. The van der Waals surface area contributed by atoms with Crippen LogP contribution in [0.5, 0.6) is 5.75 Å². The Kier molecular flexibility index (Phi) is 6.17. The van der Waals surface area contributed by atoms with Crippen molar-refractivity contribution in [2.24, 2.45) is 5.10 Å². The maximum absolute atomic E-state index is 11.9. The Hall–Kier alpha value is -2.57. The smallest absolute Gasteiger partial charge is 0.329 e. The van der Waals surface area contributed by atoms with Crippen LogP contribution in [0.3, 0.4) is 0 Å². The van der Waals surface area contributed by atoms with E-state index in [0.717, 1.165) is 0 Å². The Bertz CT molecular complexity index is 774. The second kappa shape index (κ2) is 8.33. The molecule has 2 N–H and O–H groups in total. The van der Waals surface area contributed by atoms with Crippen LogP contribution in [0.15, 0.2) is 47.6 Å². The molecule has 0 aliphatic heterocycles. The molecule has 124 valence electrons. The molecule has 2 aromatic carbocycles. The Balaban J connectivity index is 1.99. The average molecular weight is 366 g/mol. The number of hydrogen-bond donors (Lipinski definition) is 2. The van der Waals surface area contributed by atoms with Crippen molar-refractivity contribution in [2.75, 3.05) is 12.4 Å².